The van der Waals surface area contributed by atoms with Crippen molar-refractivity contribution in [1.82, 2.24) is 0 Å². The fraction of sp³-hybridized carbons (Fsp3) is 0.538. The van der Waals surface area contributed by atoms with Crippen molar-refractivity contribution in [1.29, 1.82) is 0 Å². The van der Waals surface area contributed by atoms with E-state index >= 15 is 0 Å². The van der Waals surface area contributed by atoms with Crippen LogP contribution in [-0.2, 0) is 0 Å². The second-order valence-electron chi connectivity index (χ2n) is 4.40. The van der Waals surface area contributed by atoms with Gasteiger partial charge in [-0.1, -0.05) is 25.0 Å². The first kappa shape index (κ1) is 11.9. The van der Waals surface area contributed by atoms with E-state index in [1.54, 1.807) is 12.1 Å². The molecule has 1 fully saturated rings. The minimum absolute atomic E-state index is 0.0335. The minimum Gasteiger partial charge on any atom is -0.323 e. The van der Waals surface area contributed by atoms with Crippen LogP contribution in [0.25, 0.3) is 0 Å². The van der Waals surface area contributed by atoms with Gasteiger partial charge in [-0.3, -0.25) is 0 Å². The van der Waals surface area contributed by atoms with E-state index in [-0.39, 0.29) is 11.9 Å². The van der Waals surface area contributed by atoms with Crippen molar-refractivity contribution in [2.45, 2.75) is 37.0 Å². The Balaban J connectivity index is 1.82. The Morgan fingerprint density at radius 2 is 1.88 bits per heavy atom. The zero-order valence-corrected chi connectivity index (χ0v) is 10.2. The summed E-state index contributed by atoms with van der Waals surface area (Å²) in [5.74, 6) is 0.746. The molecule has 0 amide bonds. The number of benzene rings is 1. The predicted octanol–water partition coefficient (Wildman–Crippen LogP) is 3.50. The predicted molar refractivity (Wildman–Crippen MR) is 68.0 cm³/mol. The van der Waals surface area contributed by atoms with Gasteiger partial charge in [-0.2, -0.15) is 11.8 Å². The Kier molecular flexibility index (Phi) is 4.24. The Hall–Kier alpha value is -0.540. The van der Waals surface area contributed by atoms with E-state index in [1.165, 1.54) is 37.8 Å². The van der Waals surface area contributed by atoms with Crippen molar-refractivity contribution in [3.63, 3.8) is 0 Å². The lowest BCUT2D eigenvalue weighted by molar-refractivity contribution is 0.626. The van der Waals surface area contributed by atoms with E-state index in [2.05, 4.69) is 0 Å². The molecular formula is C13H18FNS. The van der Waals surface area contributed by atoms with Crippen molar-refractivity contribution >= 4 is 11.8 Å². The summed E-state index contributed by atoms with van der Waals surface area (Å²) in [6, 6.07) is 6.57. The zero-order valence-electron chi connectivity index (χ0n) is 9.36. The SMILES string of the molecule is NC(CSC1CCCC1)c1ccc(F)cc1. The zero-order chi connectivity index (χ0) is 11.4. The Morgan fingerprint density at radius 1 is 1.25 bits per heavy atom. The highest BCUT2D eigenvalue weighted by atomic mass is 32.2. The first-order chi connectivity index (χ1) is 7.75. The van der Waals surface area contributed by atoms with Crippen molar-refractivity contribution in [2.75, 3.05) is 5.75 Å². The van der Waals surface area contributed by atoms with Crippen LogP contribution >= 0.6 is 11.8 Å². The highest BCUT2D eigenvalue weighted by Crippen LogP contribution is 2.31. The van der Waals surface area contributed by atoms with Crippen LogP contribution in [-0.4, -0.2) is 11.0 Å². The average molecular weight is 239 g/mol. The third-order valence-corrected chi connectivity index (χ3v) is 4.61. The topological polar surface area (TPSA) is 26.0 Å². The first-order valence-corrected chi connectivity index (χ1v) is 6.93. The van der Waals surface area contributed by atoms with Crippen LogP contribution in [0.3, 0.4) is 0 Å². The van der Waals surface area contributed by atoms with Crippen molar-refractivity contribution in [2.24, 2.45) is 5.73 Å². The second-order valence-corrected chi connectivity index (χ2v) is 5.73. The van der Waals surface area contributed by atoms with Crippen molar-refractivity contribution in [3.05, 3.63) is 35.6 Å². The molecule has 0 heterocycles. The Morgan fingerprint density at radius 3 is 2.50 bits per heavy atom. The summed E-state index contributed by atoms with van der Waals surface area (Å²) in [5.41, 5.74) is 7.11. The third kappa shape index (κ3) is 3.22. The molecule has 1 unspecified atom stereocenters. The van der Waals surface area contributed by atoms with Crippen molar-refractivity contribution in [3.8, 4) is 0 Å². The molecule has 1 saturated carbocycles. The molecule has 1 aliphatic rings. The molecule has 2 N–H and O–H groups in total. The van der Waals surface area contributed by atoms with Gasteiger partial charge in [0.05, 0.1) is 0 Å². The fourth-order valence-electron chi connectivity index (χ4n) is 2.10. The summed E-state index contributed by atoms with van der Waals surface area (Å²) in [4.78, 5) is 0. The molecule has 0 saturated heterocycles. The number of hydrogen-bond acceptors (Lipinski definition) is 2. The molecule has 2 rings (SSSR count). The number of halogens is 1. The second kappa shape index (κ2) is 5.69. The van der Waals surface area contributed by atoms with Gasteiger partial charge in [0, 0.05) is 17.0 Å². The first-order valence-electron chi connectivity index (χ1n) is 5.88. The molecule has 88 valence electrons. The molecular weight excluding hydrogens is 221 g/mol. The lowest BCUT2D eigenvalue weighted by atomic mass is 10.1. The van der Waals surface area contributed by atoms with Gasteiger partial charge in [-0.25, -0.2) is 4.39 Å². The molecule has 1 atom stereocenters. The summed E-state index contributed by atoms with van der Waals surface area (Å²) in [7, 11) is 0. The summed E-state index contributed by atoms with van der Waals surface area (Å²) in [6.07, 6.45) is 5.40. The maximum absolute atomic E-state index is 12.7. The van der Waals surface area contributed by atoms with Gasteiger partial charge < -0.3 is 5.73 Å². The van der Waals surface area contributed by atoms with Crippen LogP contribution in [0.2, 0.25) is 0 Å². The molecule has 1 aliphatic carbocycles. The standard InChI is InChI=1S/C13H18FNS/c14-11-7-5-10(6-8-11)13(15)9-16-12-3-1-2-4-12/h5-8,12-13H,1-4,9,15H2. The number of thioether (sulfide) groups is 1. The summed E-state index contributed by atoms with van der Waals surface area (Å²) in [5, 5.41) is 0.798. The highest BCUT2D eigenvalue weighted by Gasteiger charge is 2.16. The largest absolute Gasteiger partial charge is 0.323 e. The molecule has 1 aromatic rings. The maximum Gasteiger partial charge on any atom is 0.123 e. The molecule has 0 spiro atoms. The van der Waals surface area contributed by atoms with Crippen LogP contribution in [0.1, 0.15) is 37.3 Å². The van der Waals surface area contributed by atoms with Gasteiger partial charge in [-0.05, 0) is 30.5 Å². The van der Waals surface area contributed by atoms with Crippen molar-refractivity contribution < 1.29 is 4.39 Å². The smallest absolute Gasteiger partial charge is 0.123 e. The minimum atomic E-state index is -0.195. The molecule has 0 bridgehead atoms. The van der Waals surface area contributed by atoms with E-state index in [1.807, 2.05) is 11.8 Å². The summed E-state index contributed by atoms with van der Waals surface area (Å²) >= 11 is 1.97. The lowest BCUT2D eigenvalue weighted by Crippen LogP contribution is -2.14. The van der Waals surface area contributed by atoms with Gasteiger partial charge in [0.2, 0.25) is 0 Å². The van der Waals surface area contributed by atoms with E-state index < -0.39 is 0 Å². The summed E-state index contributed by atoms with van der Waals surface area (Å²) < 4.78 is 12.7. The molecule has 0 aliphatic heterocycles. The van der Waals surface area contributed by atoms with E-state index in [9.17, 15) is 4.39 Å². The van der Waals surface area contributed by atoms with Gasteiger partial charge in [0.1, 0.15) is 5.82 Å². The quantitative estimate of drug-likeness (QED) is 0.870. The van der Waals surface area contributed by atoms with E-state index in [0.29, 0.717) is 0 Å². The normalized spacial score (nSPS) is 18.9. The molecule has 1 aromatic carbocycles. The van der Waals surface area contributed by atoms with Gasteiger partial charge in [0.15, 0.2) is 0 Å². The molecule has 0 radical (unpaired) electrons. The van der Waals surface area contributed by atoms with Crippen LogP contribution in [0.4, 0.5) is 4.39 Å². The molecule has 1 nitrogen and oxygen atoms in total. The lowest BCUT2D eigenvalue weighted by Gasteiger charge is -2.14. The maximum atomic E-state index is 12.7. The van der Waals surface area contributed by atoms with E-state index in [4.69, 9.17) is 5.73 Å². The van der Waals surface area contributed by atoms with Gasteiger partial charge in [-0.15, -0.1) is 0 Å². The molecule has 16 heavy (non-hydrogen) atoms. The van der Waals surface area contributed by atoms with Gasteiger partial charge >= 0.3 is 0 Å². The molecule has 0 aromatic heterocycles. The number of rotatable bonds is 4. The summed E-state index contributed by atoms with van der Waals surface area (Å²) in [6.45, 7) is 0. The van der Waals surface area contributed by atoms with Crippen LogP contribution in [0.15, 0.2) is 24.3 Å². The van der Waals surface area contributed by atoms with E-state index in [0.717, 1.165) is 16.6 Å². The van der Waals surface area contributed by atoms with Gasteiger partial charge in [0.25, 0.3) is 0 Å². The average Bonchev–Trinajstić information content (AvgIpc) is 2.80. The molecule has 3 heteroatoms. The van der Waals surface area contributed by atoms with Crippen LogP contribution < -0.4 is 5.73 Å². The fourth-order valence-corrected chi connectivity index (χ4v) is 3.44. The number of hydrogen-bond donors (Lipinski definition) is 1. The van der Waals surface area contributed by atoms with Crippen LogP contribution in [0, 0.1) is 5.82 Å². The number of nitrogens with two attached hydrogens (primary N) is 1. The Labute approximate surface area is 101 Å². The van der Waals surface area contributed by atoms with Crippen LogP contribution in [0.5, 0.6) is 0 Å². The monoisotopic (exact) mass is 239 g/mol. The third-order valence-electron chi connectivity index (χ3n) is 3.11. The Bertz CT molecular complexity index is 319. The highest BCUT2D eigenvalue weighted by molar-refractivity contribution is 7.99.